The van der Waals surface area contributed by atoms with Crippen LogP contribution >= 0.6 is 0 Å². The summed E-state index contributed by atoms with van der Waals surface area (Å²) in [5.74, 6) is 0.691. The molecular formula is C64H38N4. The van der Waals surface area contributed by atoms with E-state index < -0.39 is 0 Å². The number of benzene rings is 12. The van der Waals surface area contributed by atoms with Crippen LogP contribution in [0, 0.1) is 0 Å². The summed E-state index contributed by atoms with van der Waals surface area (Å²) in [5, 5.41) is 18.4. The maximum Gasteiger partial charge on any atom is 0.160 e. The van der Waals surface area contributed by atoms with Crippen LogP contribution in [0.25, 0.3) is 142 Å². The van der Waals surface area contributed by atoms with E-state index in [4.69, 9.17) is 9.97 Å². The molecule has 314 valence electrons. The standard InChI is InChI=1S/C64H38N4/c1-2-16-41-37-61-55(35-40(41)15-1)56-38-45(67-58-27-12-10-25-53(58)62-46-19-4-3-14-39(46)29-32-60(62)67)30-33-59(56)68(61)44-18-13-17-43(34-44)64-65-57-26-11-9-24-52(57)63(66-64)42-28-31-51-49-22-6-5-20-47(49)48-21-7-8-23-50(48)54(51)36-42/h1-38H. The molecule has 0 aliphatic rings. The van der Waals surface area contributed by atoms with Gasteiger partial charge in [0, 0.05) is 49.4 Å². The fraction of sp³-hybridized carbons (Fsp3) is 0. The van der Waals surface area contributed by atoms with E-state index in [0.29, 0.717) is 5.82 Å². The van der Waals surface area contributed by atoms with E-state index in [1.54, 1.807) is 0 Å². The first-order valence-corrected chi connectivity index (χ1v) is 23.3. The van der Waals surface area contributed by atoms with E-state index in [-0.39, 0.29) is 0 Å². The largest absolute Gasteiger partial charge is 0.309 e. The lowest BCUT2D eigenvalue weighted by Gasteiger charge is -2.14. The smallest absolute Gasteiger partial charge is 0.160 e. The Balaban J connectivity index is 0.931. The Hall–Kier alpha value is -9.12. The summed E-state index contributed by atoms with van der Waals surface area (Å²) in [6.45, 7) is 0. The van der Waals surface area contributed by atoms with Crippen LogP contribution in [0.4, 0.5) is 0 Å². The normalized spacial score (nSPS) is 12.1. The van der Waals surface area contributed by atoms with E-state index in [1.165, 1.54) is 86.4 Å². The van der Waals surface area contributed by atoms with Crippen LogP contribution in [0.15, 0.2) is 231 Å². The van der Waals surface area contributed by atoms with Gasteiger partial charge in [-0.05, 0) is 121 Å². The van der Waals surface area contributed by atoms with Crippen LogP contribution < -0.4 is 0 Å². The van der Waals surface area contributed by atoms with Gasteiger partial charge in [0.1, 0.15) is 0 Å². The minimum absolute atomic E-state index is 0.691. The summed E-state index contributed by atoms with van der Waals surface area (Å²) < 4.78 is 4.86. The van der Waals surface area contributed by atoms with Gasteiger partial charge in [-0.25, -0.2) is 9.97 Å². The minimum Gasteiger partial charge on any atom is -0.309 e. The number of rotatable bonds is 4. The Labute approximate surface area is 390 Å². The van der Waals surface area contributed by atoms with Crippen LogP contribution in [0.5, 0.6) is 0 Å². The molecule has 0 aliphatic heterocycles. The van der Waals surface area contributed by atoms with Gasteiger partial charge in [-0.15, -0.1) is 0 Å². The second kappa shape index (κ2) is 14.2. The molecular weight excluding hydrogens is 825 g/mol. The van der Waals surface area contributed by atoms with Crippen molar-refractivity contribution in [3.8, 4) is 34.0 Å². The Morgan fingerprint density at radius 3 is 1.63 bits per heavy atom. The fourth-order valence-corrected chi connectivity index (χ4v) is 11.4. The number of aromatic nitrogens is 4. The third-order valence-corrected chi connectivity index (χ3v) is 14.4. The van der Waals surface area contributed by atoms with Crippen molar-refractivity contribution in [3.63, 3.8) is 0 Å². The summed E-state index contributed by atoms with van der Waals surface area (Å²) in [4.78, 5) is 10.7. The van der Waals surface area contributed by atoms with Crippen molar-refractivity contribution < 1.29 is 0 Å². The monoisotopic (exact) mass is 862 g/mol. The summed E-state index contributed by atoms with van der Waals surface area (Å²) in [6.07, 6.45) is 0. The van der Waals surface area contributed by atoms with Crippen LogP contribution in [0.2, 0.25) is 0 Å². The topological polar surface area (TPSA) is 35.6 Å². The summed E-state index contributed by atoms with van der Waals surface area (Å²) in [7, 11) is 0. The van der Waals surface area contributed by atoms with E-state index in [9.17, 15) is 0 Å². The molecule has 0 atom stereocenters. The van der Waals surface area contributed by atoms with Gasteiger partial charge in [0.2, 0.25) is 0 Å². The second-order valence-corrected chi connectivity index (χ2v) is 18.1. The van der Waals surface area contributed by atoms with Crippen molar-refractivity contribution in [2.24, 2.45) is 0 Å². The number of nitrogens with zero attached hydrogens (tertiary/aromatic N) is 4. The molecule has 0 radical (unpaired) electrons. The van der Waals surface area contributed by atoms with Gasteiger partial charge in [-0.3, -0.25) is 0 Å². The quantitative estimate of drug-likeness (QED) is 0.165. The summed E-state index contributed by atoms with van der Waals surface area (Å²) in [5.41, 5.74) is 10.7. The number of para-hydroxylation sites is 2. The first-order chi connectivity index (χ1) is 33.7. The highest BCUT2D eigenvalue weighted by atomic mass is 15.0. The number of hydrogen-bond donors (Lipinski definition) is 0. The zero-order valence-corrected chi connectivity index (χ0v) is 36.7. The maximum atomic E-state index is 5.46. The highest BCUT2D eigenvalue weighted by Gasteiger charge is 2.20. The Morgan fingerprint density at radius 2 is 0.838 bits per heavy atom. The van der Waals surface area contributed by atoms with Crippen molar-refractivity contribution in [1.29, 1.82) is 0 Å². The molecule has 0 unspecified atom stereocenters. The van der Waals surface area contributed by atoms with Crippen molar-refractivity contribution in [3.05, 3.63) is 231 Å². The summed E-state index contributed by atoms with van der Waals surface area (Å²) in [6, 6.07) is 84.0. The Bertz CT molecular complexity index is 4590. The highest BCUT2D eigenvalue weighted by Crippen LogP contribution is 2.42. The highest BCUT2D eigenvalue weighted by molar-refractivity contribution is 6.26. The molecule has 15 aromatic rings. The molecule has 0 bridgehead atoms. The molecule has 0 aliphatic carbocycles. The third kappa shape index (κ3) is 5.37. The molecule has 0 fully saturated rings. The second-order valence-electron chi connectivity index (χ2n) is 18.1. The number of hydrogen-bond acceptors (Lipinski definition) is 2. The van der Waals surface area contributed by atoms with E-state index in [0.717, 1.165) is 50.1 Å². The average Bonchev–Trinajstić information content (AvgIpc) is 3.92. The Morgan fingerprint density at radius 1 is 0.265 bits per heavy atom. The van der Waals surface area contributed by atoms with Crippen molar-refractivity contribution in [2.75, 3.05) is 0 Å². The molecule has 0 spiro atoms. The lowest BCUT2D eigenvalue weighted by Crippen LogP contribution is -1.98. The van der Waals surface area contributed by atoms with Crippen LogP contribution in [-0.2, 0) is 0 Å². The van der Waals surface area contributed by atoms with Crippen molar-refractivity contribution in [2.45, 2.75) is 0 Å². The predicted octanol–water partition coefficient (Wildman–Crippen LogP) is 16.9. The molecule has 4 nitrogen and oxygen atoms in total. The molecule has 0 saturated heterocycles. The van der Waals surface area contributed by atoms with E-state index in [1.807, 2.05) is 0 Å². The molecule has 12 aromatic carbocycles. The molecule has 3 heterocycles. The lowest BCUT2D eigenvalue weighted by molar-refractivity contribution is 1.16. The van der Waals surface area contributed by atoms with Gasteiger partial charge in [-0.1, -0.05) is 164 Å². The lowest BCUT2D eigenvalue weighted by atomic mass is 9.92. The van der Waals surface area contributed by atoms with Crippen LogP contribution in [0.1, 0.15) is 0 Å². The van der Waals surface area contributed by atoms with Gasteiger partial charge in [-0.2, -0.15) is 0 Å². The fourth-order valence-electron chi connectivity index (χ4n) is 11.4. The predicted molar refractivity (Wildman–Crippen MR) is 287 cm³/mol. The Kier molecular flexibility index (Phi) is 7.75. The number of fused-ring (bicyclic) bond motifs is 16. The van der Waals surface area contributed by atoms with E-state index >= 15 is 0 Å². The van der Waals surface area contributed by atoms with Gasteiger partial charge in [0.15, 0.2) is 5.82 Å². The average molecular weight is 863 g/mol. The van der Waals surface area contributed by atoms with E-state index in [2.05, 4.69) is 240 Å². The van der Waals surface area contributed by atoms with Crippen LogP contribution in [-0.4, -0.2) is 19.1 Å². The molecule has 0 amide bonds. The van der Waals surface area contributed by atoms with Gasteiger partial charge >= 0.3 is 0 Å². The van der Waals surface area contributed by atoms with Gasteiger partial charge < -0.3 is 9.13 Å². The first kappa shape index (κ1) is 37.1. The van der Waals surface area contributed by atoms with Crippen molar-refractivity contribution in [1.82, 2.24) is 19.1 Å². The van der Waals surface area contributed by atoms with Crippen LogP contribution in [0.3, 0.4) is 0 Å². The zero-order chi connectivity index (χ0) is 44.5. The molecule has 0 N–H and O–H groups in total. The molecule has 0 saturated carbocycles. The molecule has 4 heteroatoms. The van der Waals surface area contributed by atoms with Crippen molar-refractivity contribution >= 4 is 108 Å². The molecule has 3 aromatic heterocycles. The summed E-state index contributed by atoms with van der Waals surface area (Å²) >= 11 is 0. The minimum atomic E-state index is 0.691. The molecule has 15 rings (SSSR count). The first-order valence-electron chi connectivity index (χ1n) is 23.3. The zero-order valence-electron chi connectivity index (χ0n) is 36.7. The third-order valence-electron chi connectivity index (χ3n) is 14.4. The molecule has 68 heavy (non-hydrogen) atoms. The van der Waals surface area contributed by atoms with Gasteiger partial charge in [0.25, 0.3) is 0 Å². The van der Waals surface area contributed by atoms with Gasteiger partial charge in [0.05, 0.1) is 33.3 Å². The SMILES string of the molecule is c1cc(-c2nc(-c3ccc4c5ccccc5c5ccccc5c4c3)c3ccccc3n2)cc(-n2c3ccc(-n4c5ccccc5c5c6ccccc6ccc54)cc3c3cc4ccccc4cc32)c1. The maximum absolute atomic E-state index is 5.46.